The highest BCUT2D eigenvalue weighted by molar-refractivity contribution is 5.48. The van der Waals surface area contributed by atoms with Crippen molar-refractivity contribution in [2.75, 3.05) is 0 Å². The molecule has 0 aliphatic heterocycles. The summed E-state index contributed by atoms with van der Waals surface area (Å²) in [5.41, 5.74) is 2.73. The minimum absolute atomic E-state index is 0.357. The Morgan fingerprint density at radius 2 is 1.20 bits per heavy atom. The second-order valence-electron chi connectivity index (χ2n) is 10.1. The standard InChI is InChI=1S/C28H49NO/c1-26-21-20-22-27(29-26)25-28(2,3)23-18-16-14-12-10-8-6-4-5-7-9-11-13-15-17-19-24-30/h20-22,24H,4-19,23,25H2,1-3H3. The molecule has 0 radical (unpaired) electrons. The molecule has 30 heavy (non-hydrogen) atoms. The lowest BCUT2D eigenvalue weighted by Gasteiger charge is -2.24. The number of aryl methyl sites for hydroxylation is 1. The van der Waals surface area contributed by atoms with Crippen LogP contribution in [-0.4, -0.2) is 11.3 Å². The van der Waals surface area contributed by atoms with Crippen LogP contribution in [-0.2, 0) is 11.2 Å². The zero-order chi connectivity index (χ0) is 21.9. The molecule has 0 amide bonds. The molecule has 0 saturated heterocycles. The Morgan fingerprint density at radius 3 is 1.67 bits per heavy atom. The first kappa shape index (κ1) is 26.9. The second kappa shape index (κ2) is 17.5. The van der Waals surface area contributed by atoms with Crippen LogP contribution >= 0.6 is 0 Å². The fourth-order valence-electron chi connectivity index (χ4n) is 4.41. The fourth-order valence-corrected chi connectivity index (χ4v) is 4.41. The van der Waals surface area contributed by atoms with Gasteiger partial charge in [0.1, 0.15) is 6.29 Å². The monoisotopic (exact) mass is 415 g/mol. The van der Waals surface area contributed by atoms with Crippen molar-refractivity contribution in [2.24, 2.45) is 5.41 Å². The SMILES string of the molecule is Cc1cccc(CC(C)(C)CCCCCCCCCCCCCCCCCC=O)n1. The number of unbranched alkanes of at least 4 members (excludes halogenated alkanes) is 15. The number of hydrogen-bond acceptors (Lipinski definition) is 2. The zero-order valence-corrected chi connectivity index (χ0v) is 20.4. The van der Waals surface area contributed by atoms with Crippen molar-refractivity contribution in [3.8, 4) is 0 Å². The second-order valence-corrected chi connectivity index (χ2v) is 10.1. The van der Waals surface area contributed by atoms with E-state index in [0.29, 0.717) is 5.41 Å². The summed E-state index contributed by atoms with van der Waals surface area (Å²) in [6, 6.07) is 6.39. The molecule has 1 aromatic heterocycles. The van der Waals surface area contributed by atoms with E-state index in [0.717, 1.165) is 31.2 Å². The van der Waals surface area contributed by atoms with Crippen molar-refractivity contribution in [3.63, 3.8) is 0 Å². The Bertz CT molecular complexity index is 537. The summed E-state index contributed by atoms with van der Waals surface area (Å²) in [5, 5.41) is 0. The molecule has 0 saturated carbocycles. The molecular weight excluding hydrogens is 366 g/mol. The Kier molecular flexibility index (Phi) is 15.7. The lowest BCUT2D eigenvalue weighted by molar-refractivity contribution is -0.107. The van der Waals surface area contributed by atoms with Crippen LogP contribution in [0.1, 0.15) is 134 Å². The Hall–Kier alpha value is -1.18. The van der Waals surface area contributed by atoms with Crippen molar-refractivity contribution < 1.29 is 4.79 Å². The van der Waals surface area contributed by atoms with Gasteiger partial charge in [0.15, 0.2) is 0 Å². The first-order valence-electron chi connectivity index (χ1n) is 12.9. The summed E-state index contributed by atoms with van der Waals surface area (Å²) < 4.78 is 0. The molecule has 2 nitrogen and oxygen atoms in total. The lowest BCUT2D eigenvalue weighted by atomic mass is 9.82. The van der Waals surface area contributed by atoms with Crippen LogP contribution in [0.5, 0.6) is 0 Å². The summed E-state index contributed by atoms with van der Waals surface area (Å²) in [6.45, 7) is 6.87. The van der Waals surface area contributed by atoms with Crippen molar-refractivity contribution in [2.45, 2.75) is 136 Å². The number of rotatable bonds is 20. The van der Waals surface area contributed by atoms with Crippen LogP contribution in [0, 0.1) is 12.3 Å². The molecule has 0 spiro atoms. The molecule has 0 aliphatic rings. The lowest BCUT2D eigenvalue weighted by Crippen LogP contribution is -2.16. The van der Waals surface area contributed by atoms with Gasteiger partial charge >= 0.3 is 0 Å². The molecule has 0 aromatic carbocycles. The molecule has 0 N–H and O–H groups in total. The predicted molar refractivity (Wildman–Crippen MR) is 131 cm³/mol. The average molecular weight is 416 g/mol. The van der Waals surface area contributed by atoms with Gasteiger partial charge in [0, 0.05) is 17.8 Å². The molecule has 1 rings (SSSR count). The largest absolute Gasteiger partial charge is 0.303 e. The van der Waals surface area contributed by atoms with Gasteiger partial charge in [-0.05, 0) is 43.7 Å². The molecule has 172 valence electrons. The number of hydrogen-bond donors (Lipinski definition) is 0. The number of pyridine rings is 1. The Balaban J connectivity index is 1.85. The van der Waals surface area contributed by atoms with Gasteiger partial charge in [-0.2, -0.15) is 0 Å². The first-order valence-corrected chi connectivity index (χ1v) is 12.9. The van der Waals surface area contributed by atoms with Crippen LogP contribution in [0.4, 0.5) is 0 Å². The van der Waals surface area contributed by atoms with E-state index in [1.807, 2.05) is 0 Å². The zero-order valence-electron chi connectivity index (χ0n) is 20.4. The summed E-state index contributed by atoms with van der Waals surface area (Å²) >= 11 is 0. The van der Waals surface area contributed by atoms with Crippen molar-refractivity contribution >= 4 is 6.29 Å². The van der Waals surface area contributed by atoms with Crippen molar-refractivity contribution in [1.29, 1.82) is 0 Å². The van der Waals surface area contributed by atoms with Gasteiger partial charge in [-0.15, -0.1) is 0 Å². The van der Waals surface area contributed by atoms with Crippen molar-refractivity contribution in [3.05, 3.63) is 29.6 Å². The highest BCUT2D eigenvalue weighted by Crippen LogP contribution is 2.28. The van der Waals surface area contributed by atoms with Crippen LogP contribution in [0.2, 0.25) is 0 Å². The van der Waals surface area contributed by atoms with Gasteiger partial charge in [0.25, 0.3) is 0 Å². The van der Waals surface area contributed by atoms with Crippen LogP contribution < -0.4 is 0 Å². The minimum Gasteiger partial charge on any atom is -0.303 e. The molecule has 0 atom stereocenters. The minimum atomic E-state index is 0.357. The van der Waals surface area contributed by atoms with E-state index in [2.05, 4.69) is 44.0 Å². The molecule has 1 heterocycles. The molecule has 0 bridgehead atoms. The maximum atomic E-state index is 10.3. The van der Waals surface area contributed by atoms with Gasteiger partial charge in [-0.1, -0.05) is 110 Å². The summed E-state index contributed by atoms with van der Waals surface area (Å²) in [6.07, 6.45) is 24.7. The van der Waals surface area contributed by atoms with Gasteiger partial charge in [-0.25, -0.2) is 0 Å². The summed E-state index contributed by atoms with van der Waals surface area (Å²) in [7, 11) is 0. The maximum Gasteiger partial charge on any atom is 0.119 e. The van der Waals surface area contributed by atoms with Gasteiger partial charge < -0.3 is 4.79 Å². The predicted octanol–water partition coefficient (Wildman–Crippen LogP) is 8.79. The van der Waals surface area contributed by atoms with E-state index in [4.69, 9.17) is 0 Å². The Morgan fingerprint density at radius 1 is 0.733 bits per heavy atom. The number of aldehydes is 1. The third-order valence-electron chi connectivity index (χ3n) is 6.28. The van der Waals surface area contributed by atoms with E-state index >= 15 is 0 Å². The van der Waals surface area contributed by atoms with Gasteiger partial charge in [0.05, 0.1) is 0 Å². The molecular formula is C28H49NO. The molecule has 0 unspecified atom stereocenters. The molecule has 0 aliphatic carbocycles. The third-order valence-corrected chi connectivity index (χ3v) is 6.28. The number of carbonyl (C=O) groups is 1. The fraction of sp³-hybridized carbons (Fsp3) is 0.786. The highest BCUT2D eigenvalue weighted by Gasteiger charge is 2.18. The summed E-state index contributed by atoms with van der Waals surface area (Å²) in [4.78, 5) is 14.9. The topological polar surface area (TPSA) is 30.0 Å². The Labute approximate surface area is 187 Å². The van der Waals surface area contributed by atoms with Crippen molar-refractivity contribution in [1.82, 2.24) is 4.98 Å². The van der Waals surface area contributed by atoms with E-state index in [-0.39, 0.29) is 0 Å². The smallest absolute Gasteiger partial charge is 0.119 e. The van der Waals surface area contributed by atoms with Crippen LogP contribution in [0.25, 0.3) is 0 Å². The average Bonchev–Trinajstić information content (AvgIpc) is 2.70. The first-order chi connectivity index (χ1) is 14.5. The van der Waals surface area contributed by atoms with Gasteiger partial charge in [0.2, 0.25) is 0 Å². The molecule has 0 fully saturated rings. The highest BCUT2D eigenvalue weighted by atomic mass is 16.1. The number of aromatic nitrogens is 1. The normalized spacial score (nSPS) is 11.7. The number of carbonyl (C=O) groups excluding carboxylic acids is 1. The summed E-state index contributed by atoms with van der Waals surface area (Å²) in [5.74, 6) is 0. The van der Waals surface area contributed by atoms with E-state index in [1.54, 1.807) is 0 Å². The van der Waals surface area contributed by atoms with E-state index in [9.17, 15) is 4.79 Å². The maximum absolute atomic E-state index is 10.3. The van der Waals surface area contributed by atoms with Crippen LogP contribution in [0.15, 0.2) is 18.2 Å². The third kappa shape index (κ3) is 15.6. The van der Waals surface area contributed by atoms with E-state index < -0.39 is 0 Å². The van der Waals surface area contributed by atoms with Crippen LogP contribution in [0.3, 0.4) is 0 Å². The molecule has 2 heteroatoms. The number of nitrogens with zero attached hydrogens (tertiary/aromatic N) is 1. The van der Waals surface area contributed by atoms with Gasteiger partial charge in [-0.3, -0.25) is 4.98 Å². The quantitative estimate of drug-likeness (QED) is 0.157. The van der Waals surface area contributed by atoms with E-state index in [1.165, 1.54) is 102 Å². The molecule has 1 aromatic rings.